The van der Waals surface area contributed by atoms with Crippen molar-refractivity contribution in [3.63, 3.8) is 0 Å². The van der Waals surface area contributed by atoms with Crippen LogP contribution in [0.3, 0.4) is 0 Å². The van der Waals surface area contributed by atoms with Crippen LogP contribution >= 0.6 is 0 Å². The molecule has 0 radical (unpaired) electrons. The van der Waals surface area contributed by atoms with Crippen molar-refractivity contribution in [1.82, 2.24) is 15.5 Å². The summed E-state index contributed by atoms with van der Waals surface area (Å²) in [6, 6.07) is 0. The lowest BCUT2D eigenvalue weighted by atomic mass is 10.1. The molecule has 0 saturated carbocycles. The maximum absolute atomic E-state index is 7.07. The highest BCUT2D eigenvalue weighted by Gasteiger charge is 2.21. The third-order valence-corrected chi connectivity index (χ3v) is 1.87. The zero-order valence-corrected chi connectivity index (χ0v) is 6.08. The molecule has 4 nitrogen and oxygen atoms in total. The Hall–Kier alpha value is -0.900. The topological polar surface area (TPSA) is 51.0 Å². The quantitative estimate of drug-likeness (QED) is 0.640. The monoisotopic (exact) mass is 155 g/mol. The van der Waals surface area contributed by atoms with E-state index in [0.717, 1.165) is 19.5 Å². The van der Waals surface area contributed by atoms with Gasteiger partial charge in [-0.1, -0.05) is 5.16 Å². The van der Waals surface area contributed by atoms with Gasteiger partial charge in [-0.05, 0) is 19.8 Å². The number of aromatic nitrogens is 2. The lowest BCUT2D eigenvalue weighted by molar-refractivity contribution is 0.356. The van der Waals surface area contributed by atoms with Gasteiger partial charge >= 0.3 is 0 Å². The van der Waals surface area contributed by atoms with Crippen LogP contribution in [-0.4, -0.2) is 23.2 Å². The van der Waals surface area contributed by atoms with Gasteiger partial charge in [0.2, 0.25) is 5.89 Å². The number of hydrogen-bond donors (Lipinski definition) is 1. The summed E-state index contributed by atoms with van der Waals surface area (Å²) in [6.45, 7) is 0.669. The summed E-state index contributed by atoms with van der Waals surface area (Å²) in [7, 11) is 0. The first kappa shape index (κ1) is 4.87. The normalized spacial score (nSPS) is 27.2. The Morgan fingerprint density at radius 2 is 2.82 bits per heavy atom. The van der Waals surface area contributed by atoms with Crippen LogP contribution in [0.4, 0.5) is 0 Å². The summed E-state index contributed by atoms with van der Waals surface area (Å²) in [6.07, 6.45) is 0.988. The molecule has 4 heteroatoms. The van der Waals surface area contributed by atoms with E-state index in [1.807, 2.05) is 0 Å². The van der Waals surface area contributed by atoms with Crippen LogP contribution in [0, 0.1) is 6.88 Å². The van der Waals surface area contributed by atoms with Gasteiger partial charge in [-0.25, -0.2) is 0 Å². The highest BCUT2D eigenvalue weighted by Crippen LogP contribution is 2.19. The fraction of sp³-hybridized carbons (Fsp3) is 0.714. The average molecular weight is 155 g/mol. The predicted octanol–water partition coefficient (Wildman–Crippen LogP) is 0.455. The van der Waals surface area contributed by atoms with Gasteiger partial charge in [0.15, 0.2) is 5.82 Å². The first-order chi connectivity index (χ1) is 6.27. The first-order valence-electron chi connectivity index (χ1n) is 4.81. The van der Waals surface area contributed by atoms with E-state index in [2.05, 4.69) is 15.5 Å². The number of aryl methyl sites for hydroxylation is 1. The highest BCUT2D eigenvalue weighted by atomic mass is 16.5. The van der Waals surface area contributed by atoms with Crippen molar-refractivity contribution in [2.75, 3.05) is 13.1 Å². The Bertz CT molecular complexity index is 283. The van der Waals surface area contributed by atoms with E-state index in [9.17, 15) is 0 Å². The molecule has 1 N–H and O–H groups in total. The molecule has 2 rings (SSSR count). The number of nitrogens with one attached hydrogen (secondary N) is 1. The largest absolute Gasteiger partial charge is 0.339 e. The Labute approximate surface area is 67.8 Å². The van der Waals surface area contributed by atoms with Crippen LogP contribution in [0.1, 0.15) is 26.8 Å². The van der Waals surface area contributed by atoms with Crippen LogP contribution in [0.25, 0.3) is 0 Å². The summed E-state index contributed by atoms with van der Waals surface area (Å²) < 4.78 is 19.1. The Kier molecular flexibility index (Phi) is 1.16. The molecule has 2 heterocycles. The first-order valence-corrected chi connectivity index (χ1v) is 3.66. The minimum Gasteiger partial charge on any atom is -0.339 e. The number of hydrogen-bond acceptors (Lipinski definition) is 4. The third-order valence-electron chi connectivity index (χ3n) is 1.87. The Balaban J connectivity index is 2.12. The number of nitrogens with zero attached hydrogens (tertiary/aromatic N) is 2. The van der Waals surface area contributed by atoms with E-state index < -0.39 is 6.88 Å². The average Bonchev–Trinajstić information content (AvgIpc) is 2.75. The lowest BCUT2D eigenvalue weighted by Gasteiger charge is -1.97. The van der Waals surface area contributed by atoms with E-state index in [1.165, 1.54) is 0 Å². The second-order valence-corrected chi connectivity index (χ2v) is 2.68. The van der Waals surface area contributed by atoms with Crippen LogP contribution in [0.15, 0.2) is 4.52 Å². The predicted molar refractivity (Wildman–Crippen MR) is 39.3 cm³/mol. The van der Waals surface area contributed by atoms with Crippen molar-refractivity contribution < 1.29 is 7.26 Å². The molecular weight excluding hydrogens is 142 g/mol. The third kappa shape index (κ3) is 1.26. The highest BCUT2D eigenvalue weighted by molar-refractivity contribution is 4.96. The van der Waals surface area contributed by atoms with Gasteiger partial charge in [-0.3, -0.25) is 0 Å². The maximum Gasteiger partial charge on any atom is 0.231 e. The van der Waals surface area contributed by atoms with E-state index in [1.54, 1.807) is 0 Å². The second-order valence-electron chi connectivity index (χ2n) is 2.68. The van der Waals surface area contributed by atoms with Crippen molar-refractivity contribution in [1.29, 1.82) is 0 Å². The van der Waals surface area contributed by atoms with Crippen molar-refractivity contribution in [3.8, 4) is 0 Å². The summed E-state index contributed by atoms with van der Waals surface area (Å²) in [4.78, 5) is 4.00. The Morgan fingerprint density at radius 3 is 3.45 bits per heavy atom. The summed E-state index contributed by atoms with van der Waals surface area (Å²) in [5.41, 5.74) is 0. The molecule has 1 aliphatic rings. The molecule has 1 aromatic heterocycles. The van der Waals surface area contributed by atoms with Gasteiger partial charge in [-0.2, -0.15) is 4.98 Å². The molecule has 1 unspecified atom stereocenters. The van der Waals surface area contributed by atoms with Crippen LogP contribution < -0.4 is 5.32 Å². The molecule has 1 aliphatic heterocycles. The molecule has 1 atom stereocenters. The van der Waals surface area contributed by atoms with Crippen molar-refractivity contribution in [2.45, 2.75) is 19.2 Å². The standard InChI is InChI=1S/C7H11N3O/c1-5-9-7(11-10-5)6-2-3-8-4-6/h6,8H,2-4H2,1H3/i1D2. The van der Waals surface area contributed by atoms with E-state index in [0.29, 0.717) is 5.89 Å². The molecule has 0 amide bonds. The zero-order chi connectivity index (χ0) is 9.26. The fourth-order valence-corrected chi connectivity index (χ4v) is 1.28. The van der Waals surface area contributed by atoms with E-state index in [-0.39, 0.29) is 11.7 Å². The van der Waals surface area contributed by atoms with Gasteiger partial charge in [0.05, 0.1) is 5.92 Å². The summed E-state index contributed by atoms with van der Waals surface area (Å²) in [5.74, 6) is 0.978. The van der Waals surface area contributed by atoms with E-state index in [4.69, 9.17) is 7.26 Å². The van der Waals surface area contributed by atoms with Crippen molar-refractivity contribution >= 4 is 0 Å². The Morgan fingerprint density at radius 1 is 1.82 bits per heavy atom. The van der Waals surface area contributed by atoms with Crippen LogP contribution in [0.5, 0.6) is 0 Å². The zero-order valence-electron chi connectivity index (χ0n) is 8.08. The molecule has 0 aliphatic carbocycles. The van der Waals surface area contributed by atoms with Crippen LogP contribution in [-0.2, 0) is 0 Å². The summed E-state index contributed by atoms with van der Waals surface area (Å²) in [5, 5.41) is 6.76. The van der Waals surface area contributed by atoms with Crippen LogP contribution in [0.2, 0.25) is 0 Å². The van der Waals surface area contributed by atoms with Gasteiger partial charge in [0, 0.05) is 9.29 Å². The number of rotatable bonds is 1. The van der Waals surface area contributed by atoms with Gasteiger partial charge < -0.3 is 9.84 Å². The molecule has 1 saturated heterocycles. The smallest absolute Gasteiger partial charge is 0.231 e. The van der Waals surface area contributed by atoms with Crippen molar-refractivity contribution in [3.05, 3.63) is 11.7 Å². The van der Waals surface area contributed by atoms with Gasteiger partial charge in [0.1, 0.15) is 0 Å². The molecule has 60 valence electrons. The van der Waals surface area contributed by atoms with Crippen molar-refractivity contribution in [2.24, 2.45) is 0 Å². The summed E-state index contributed by atoms with van der Waals surface area (Å²) >= 11 is 0. The SMILES string of the molecule is [2H]C([2H])c1noc(C2CCNC2)n1. The van der Waals surface area contributed by atoms with E-state index >= 15 is 0 Å². The molecule has 0 bridgehead atoms. The lowest BCUT2D eigenvalue weighted by Crippen LogP contribution is -2.08. The molecule has 11 heavy (non-hydrogen) atoms. The minimum absolute atomic E-state index is 0.155. The van der Waals surface area contributed by atoms with Gasteiger partial charge in [0.25, 0.3) is 0 Å². The molecule has 0 aromatic carbocycles. The molecule has 1 fully saturated rings. The molecule has 0 spiro atoms. The molecule has 1 aromatic rings. The maximum atomic E-state index is 7.07. The fourth-order valence-electron chi connectivity index (χ4n) is 1.28. The minimum atomic E-state index is -1.15. The molecular formula is C7H11N3O. The van der Waals surface area contributed by atoms with Gasteiger partial charge in [-0.15, -0.1) is 0 Å². The second kappa shape index (κ2) is 2.62.